The highest BCUT2D eigenvalue weighted by Crippen LogP contribution is 2.28. The largest absolute Gasteiger partial charge is 0.496 e. The number of ether oxygens (including phenoxy) is 2. The lowest BCUT2D eigenvalue weighted by Crippen LogP contribution is -2.05. The molecule has 4 heteroatoms. The molecule has 0 bridgehead atoms. The molecule has 0 fully saturated rings. The van der Waals surface area contributed by atoms with Crippen molar-refractivity contribution < 1.29 is 19.4 Å². The van der Waals surface area contributed by atoms with Crippen LogP contribution in [0.4, 0.5) is 0 Å². The van der Waals surface area contributed by atoms with Gasteiger partial charge >= 0.3 is 5.97 Å². The quantitative estimate of drug-likeness (QED) is 0.895. The number of carboxylic acids is 1. The Kier molecular flexibility index (Phi) is 4.03. The van der Waals surface area contributed by atoms with Gasteiger partial charge in [-0.15, -0.1) is 0 Å². The fourth-order valence-corrected chi connectivity index (χ4v) is 1.75. The van der Waals surface area contributed by atoms with Gasteiger partial charge in [-0.05, 0) is 17.7 Å². The zero-order chi connectivity index (χ0) is 13.7. The molecular formula is C15H14O4. The summed E-state index contributed by atoms with van der Waals surface area (Å²) in [5.41, 5.74) is 1.02. The molecule has 0 aliphatic heterocycles. The molecule has 0 saturated heterocycles. The van der Waals surface area contributed by atoms with Crippen LogP contribution in [-0.4, -0.2) is 18.2 Å². The molecule has 0 radical (unpaired) electrons. The van der Waals surface area contributed by atoms with Crippen LogP contribution in [-0.2, 0) is 6.61 Å². The molecule has 4 nitrogen and oxygen atoms in total. The second kappa shape index (κ2) is 5.91. The fourth-order valence-electron chi connectivity index (χ4n) is 1.75. The first-order chi connectivity index (χ1) is 9.22. The van der Waals surface area contributed by atoms with Crippen molar-refractivity contribution in [3.8, 4) is 11.5 Å². The molecule has 19 heavy (non-hydrogen) atoms. The molecule has 0 unspecified atom stereocenters. The summed E-state index contributed by atoms with van der Waals surface area (Å²) in [4.78, 5) is 11.3. The van der Waals surface area contributed by atoms with E-state index in [4.69, 9.17) is 9.47 Å². The first-order valence-electron chi connectivity index (χ1n) is 5.79. The Morgan fingerprint density at radius 3 is 2.37 bits per heavy atom. The normalized spacial score (nSPS) is 9.95. The highest BCUT2D eigenvalue weighted by molar-refractivity contribution is 5.94. The van der Waals surface area contributed by atoms with Crippen LogP contribution in [0.15, 0.2) is 48.5 Å². The molecule has 0 aliphatic carbocycles. The van der Waals surface area contributed by atoms with E-state index in [9.17, 15) is 9.90 Å². The summed E-state index contributed by atoms with van der Waals surface area (Å²) < 4.78 is 10.6. The van der Waals surface area contributed by atoms with Crippen molar-refractivity contribution in [2.45, 2.75) is 6.61 Å². The first kappa shape index (κ1) is 13.0. The number of hydrogen-bond donors (Lipinski definition) is 1. The average Bonchev–Trinajstić information content (AvgIpc) is 2.45. The monoisotopic (exact) mass is 258 g/mol. The number of carbonyl (C=O) groups is 1. The number of methoxy groups -OCH3 is 1. The molecule has 2 aromatic carbocycles. The van der Waals surface area contributed by atoms with Crippen LogP contribution in [0.3, 0.4) is 0 Å². The second-order valence-electron chi connectivity index (χ2n) is 3.91. The Morgan fingerprint density at radius 1 is 1.05 bits per heavy atom. The van der Waals surface area contributed by atoms with Crippen molar-refractivity contribution in [2.75, 3.05) is 7.11 Å². The second-order valence-corrected chi connectivity index (χ2v) is 3.91. The average molecular weight is 258 g/mol. The number of rotatable bonds is 5. The lowest BCUT2D eigenvalue weighted by molar-refractivity contribution is 0.0688. The highest BCUT2D eigenvalue weighted by Gasteiger charge is 2.17. The summed E-state index contributed by atoms with van der Waals surface area (Å²) >= 11 is 0. The van der Waals surface area contributed by atoms with Crippen molar-refractivity contribution in [1.29, 1.82) is 0 Å². The van der Waals surface area contributed by atoms with Crippen molar-refractivity contribution >= 4 is 5.97 Å². The van der Waals surface area contributed by atoms with E-state index in [-0.39, 0.29) is 11.3 Å². The van der Waals surface area contributed by atoms with Crippen LogP contribution in [0.2, 0.25) is 0 Å². The maximum absolute atomic E-state index is 11.3. The predicted molar refractivity (Wildman–Crippen MR) is 70.7 cm³/mol. The maximum Gasteiger partial charge on any atom is 0.343 e. The highest BCUT2D eigenvalue weighted by atomic mass is 16.5. The first-order valence-corrected chi connectivity index (χ1v) is 5.79. The standard InChI is InChI=1S/C15H14O4/c1-18-12-8-5-9-13(14(12)15(16)17)19-10-11-6-3-2-4-7-11/h2-9H,10H2,1H3,(H,16,17). The Bertz CT molecular complexity index is 564. The molecular weight excluding hydrogens is 244 g/mol. The van der Waals surface area contributed by atoms with Gasteiger partial charge in [-0.2, -0.15) is 0 Å². The smallest absolute Gasteiger partial charge is 0.343 e. The van der Waals surface area contributed by atoms with Crippen molar-refractivity contribution in [2.24, 2.45) is 0 Å². The Labute approximate surface area is 111 Å². The van der Waals surface area contributed by atoms with Gasteiger partial charge in [-0.25, -0.2) is 4.79 Å². The van der Waals surface area contributed by atoms with Crippen molar-refractivity contribution in [3.05, 3.63) is 59.7 Å². The Balaban J connectivity index is 2.23. The van der Waals surface area contributed by atoms with Gasteiger partial charge in [0.05, 0.1) is 7.11 Å². The summed E-state index contributed by atoms with van der Waals surface area (Å²) in [6, 6.07) is 14.5. The Morgan fingerprint density at radius 2 is 1.74 bits per heavy atom. The van der Waals surface area contributed by atoms with Gasteiger partial charge in [0.1, 0.15) is 23.7 Å². The molecule has 2 aromatic rings. The van der Waals surface area contributed by atoms with Gasteiger partial charge in [-0.3, -0.25) is 0 Å². The van der Waals surface area contributed by atoms with Gasteiger partial charge in [0.25, 0.3) is 0 Å². The molecule has 0 atom stereocenters. The molecule has 0 spiro atoms. The molecule has 0 amide bonds. The van der Waals surface area contributed by atoms with Gasteiger partial charge in [0.15, 0.2) is 0 Å². The number of hydrogen-bond acceptors (Lipinski definition) is 3. The van der Waals surface area contributed by atoms with Gasteiger partial charge in [0.2, 0.25) is 0 Å². The number of benzene rings is 2. The predicted octanol–water partition coefficient (Wildman–Crippen LogP) is 2.97. The van der Waals surface area contributed by atoms with Gasteiger partial charge < -0.3 is 14.6 Å². The number of aromatic carboxylic acids is 1. The summed E-state index contributed by atoms with van der Waals surface area (Å²) in [5, 5.41) is 9.21. The zero-order valence-electron chi connectivity index (χ0n) is 10.5. The molecule has 0 saturated carbocycles. The summed E-state index contributed by atoms with van der Waals surface area (Å²) in [7, 11) is 1.43. The molecule has 0 heterocycles. The van der Waals surface area contributed by atoms with E-state index in [1.165, 1.54) is 7.11 Å². The van der Waals surface area contributed by atoms with Gasteiger partial charge in [-0.1, -0.05) is 36.4 Å². The third-order valence-electron chi connectivity index (χ3n) is 2.66. The fraction of sp³-hybridized carbons (Fsp3) is 0.133. The third kappa shape index (κ3) is 3.04. The lowest BCUT2D eigenvalue weighted by Gasteiger charge is -2.12. The van der Waals surface area contributed by atoms with Crippen LogP contribution >= 0.6 is 0 Å². The van der Waals surface area contributed by atoms with Crippen LogP contribution < -0.4 is 9.47 Å². The van der Waals surface area contributed by atoms with E-state index in [0.29, 0.717) is 12.4 Å². The SMILES string of the molecule is COc1cccc(OCc2ccccc2)c1C(=O)O. The maximum atomic E-state index is 11.3. The minimum Gasteiger partial charge on any atom is -0.496 e. The van der Waals surface area contributed by atoms with E-state index in [1.54, 1.807) is 18.2 Å². The third-order valence-corrected chi connectivity index (χ3v) is 2.66. The molecule has 1 N–H and O–H groups in total. The zero-order valence-corrected chi connectivity index (χ0v) is 10.5. The molecule has 0 aliphatic rings. The van der Waals surface area contributed by atoms with Crippen LogP contribution in [0.1, 0.15) is 15.9 Å². The topological polar surface area (TPSA) is 55.8 Å². The summed E-state index contributed by atoms with van der Waals surface area (Å²) in [5.74, 6) is -0.478. The lowest BCUT2D eigenvalue weighted by atomic mass is 10.1. The van der Waals surface area contributed by atoms with E-state index < -0.39 is 5.97 Å². The van der Waals surface area contributed by atoms with Crippen molar-refractivity contribution in [3.63, 3.8) is 0 Å². The van der Waals surface area contributed by atoms with E-state index in [2.05, 4.69) is 0 Å². The molecule has 2 rings (SSSR count). The van der Waals surface area contributed by atoms with Crippen LogP contribution in [0, 0.1) is 0 Å². The minimum absolute atomic E-state index is 0.0425. The summed E-state index contributed by atoms with van der Waals surface area (Å²) in [6.07, 6.45) is 0. The minimum atomic E-state index is -1.07. The molecule has 0 aromatic heterocycles. The van der Waals surface area contributed by atoms with Crippen molar-refractivity contribution in [1.82, 2.24) is 0 Å². The Hall–Kier alpha value is -2.49. The van der Waals surface area contributed by atoms with E-state index >= 15 is 0 Å². The van der Waals surface area contributed by atoms with Gasteiger partial charge in [0, 0.05) is 0 Å². The van der Waals surface area contributed by atoms with Crippen LogP contribution in [0.25, 0.3) is 0 Å². The van der Waals surface area contributed by atoms with Crippen LogP contribution in [0.5, 0.6) is 11.5 Å². The molecule has 98 valence electrons. The summed E-state index contributed by atoms with van der Waals surface area (Å²) in [6.45, 7) is 0.314. The van der Waals surface area contributed by atoms with E-state index in [0.717, 1.165) is 5.56 Å². The van der Waals surface area contributed by atoms with E-state index in [1.807, 2.05) is 30.3 Å². The number of carboxylic acid groups (broad SMARTS) is 1.